The summed E-state index contributed by atoms with van der Waals surface area (Å²) in [4.78, 5) is 2.39. The maximum Gasteiger partial charge on any atom is 0.160 e. The first kappa shape index (κ1) is 12.3. The fourth-order valence-corrected chi connectivity index (χ4v) is 2.94. The highest BCUT2D eigenvalue weighted by Gasteiger charge is 2.19. The first-order valence-electron chi connectivity index (χ1n) is 7.05. The lowest BCUT2D eigenvalue weighted by Crippen LogP contribution is -2.24. The topological polar surface area (TPSA) is 68.2 Å². The summed E-state index contributed by atoms with van der Waals surface area (Å²) >= 11 is 0. The van der Waals surface area contributed by atoms with E-state index in [0.717, 1.165) is 30.2 Å². The Balaban J connectivity index is 1.91. The molecule has 3 rings (SSSR count). The molecule has 5 nitrogen and oxygen atoms in total. The van der Waals surface area contributed by atoms with Crippen molar-refractivity contribution in [2.75, 3.05) is 23.7 Å². The number of nitrogen functional groups attached to an aromatic ring is 1. The summed E-state index contributed by atoms with van der Waals surface area (Å²) in [6.45, 7) is 4.43. The second-order valence-corrected chi connectivity index (χ2v) is 5.33. The lowest BCUT2D eigenvalue weighted by atomic mass is 9.98. The van der Waals surface area contributed by atoms with Gasteiger partial charge in [0, 0.05) is 13.1 Å². The molecule has 0 bridgehead atoms. The molecule has 0 radical (unpaired) electrons. The predicted octanol–water partition coefficient (Wildman–Crippen LogP) is 2.82. The summed E-state index contributed by atoms with van der Waals surface area (Å²) in [6.07, 6.45) is 5.07. The smallest absolute Gasteiger partial charge is 0.160 e. The Hall–Kier alpha value is -1.78. The zero-order valence-electron chi connectivity index (χ0n) is 11.3. The summed E-state index contributed by atoms with van der Waals surface area (Å²) in [5.74, 6) is 0.852. The number of rotatable bonds is 2. The van der Waals surface area contributed by atoms with Gasteiger partial charge in [-0.05, 0) is 47.6 Å². The Morgan fingerprint density at radius 1 is 1.26 bits per heavy atom. The van der Waals surface area contributed by atoms with E-state index >= 15 is 0 Å². The van der Waals surface area contributed by atoms with Gasteiger partial charge >= 0.3 is 0 Å². The Morgan fingerprint density at radius 2 is 2.11 bits per heavy atom. The lowest BCUT2D eigenvalue weighted by Gasteiger charge is -2.22. The minimum atomic E-state index is 0.626. The van der Waals surface area contributed by atoms with E-state index in [0.29, 0.717) is 11.2 Å². The van der Waals surface area contributed by atoms with E-state index in [4.69, 9.17) is 10.4 Å². The summed E-state index contributed by atoms with van der Waals surface area (Å²) in [7, 11) is 0. The monoisotopic (exact) mass is 260 g/mol. The summed E-state index contributed by atoms with van der Waals surface area (Å²) in [5.41, 5.74) is 9.08. The number of nitrogens with zero attached hydrogens (tertiary/aromatic N) is 3. The van der Waals surface area contributed by atoms with E-state index in [1.165, 1.54) is 25.7 Å². The first-order valence-corrected chi connectivity index (χ1v) is 7.05. The van der Waals surface area contributed by atoms with Gasteiger partial charge in [0.1, 0.15) is 0 Å². The van der Waals surface area contributed by atoms with Crippen LogP contribution in [0, 0.1) is 5.92 Å². The average Bonchev–Trinajstić information content (AvgIpc) is 2.79. The van der Waals surface area contributed by atoms with Crippen molar-refractivity contribution in [2.45, 2.75) is 32.6 Å². The zero-order chi connectivity index (χ0) is 13.2. The standard InChI is InChI=1S/C14H20N4O/c1-2-10-4-3-8-18(9-7-10)12-6-5-11(15)13-14(12)17-19-16-13/h5-6,10H,2-4,7-9,15H2,1H3. The Kier molecular flexibility index (Phi) is 3.27. The van der Waals surface area contributed by atoms with Crippen molar-refractivity contribution >= 4 is 22.4 Å². The van der Waals surface area contributed by atoms with E-state index in [2.05, 4.69) is 22.1 Å². The first-order chi connectivity index (χ1) is 9.29. The van der Waals surface area contributed by atoms with Crippen LogP contribution in [-0.4, -0.2) is 23.4 Å². The van der Waals surface area contributed by atoms with Crippen LogP contribution in [0.1, 0.15) is 32.6 Å². The van der Waals surface area contributed by atoms with E-state index in [1.54, 1.807) is 0 Å². The minimum Gasteiger partial charge on any atom is -0.397 e. The Labute approximate surface area is 112 Å². The molecule has 0 aliphatic carbocycles. The molecule has 1 aromatic carbocycles. The number of benzene rings is 1. The van der Waals surface area contributed by atoms with Crippen molar-refractivity contribution in [1.29, 1.82) is 0 Å². The van der Waals surface area contributed by atoms with Gasteiger partial charge in [-0.15, -0.1) is 0 Å². The lowest BCUT2D eigenvalue weighted by molar-refractivity contribution is 0.315. The molecule has 1 aromatic heterocycles. The van der Waals surface area contributed by atoms with Crippen molar-refractivity contribution in [3.63, 3.8) is 0 Å². The molecular weight excluding hydrogens is 240 g/mol. The highest BCUT2D eigenvalue weighted by atomic mass is 16.6. The molecule has 2 heterocycles. The van der Waals surface area contributed by atoms with Crippen LogP contribution in [0.5, 0.6) is 0 Å². The molecule has 0 amide bonds. The summed E-state index contributed by atoms with van der Waals surface area (Å²) in [5, 5.41) is 7.91. The highest BCUT2D eigenvalue weighted by Crippen LogP contribution is 2.31. The van der Waals surface area contributed by atoms with Crippen LogP contribution in [0.25, 0.3) is 11.0 Å². The molecule has 102 valence electrons. The number of anilines is 2. The molecule has 19 heavy (non-hydrogen) atoms. The van der Waals surface area contributed by atoms with Crippen molar-refractivity contribution < 1.29 is 4.63 Å². The van der Waals surface area contributed by atoms with Crippen molar-refractivity contribution in [1.82, 2.24) is 10.3 Å². The van der Waals surface area contributed by atoms with Crippen LogP contribution in [0.4, 0.5) is 11.4 Å². The van der Waals surface area contributed by atoms with Crippen molar-refractivity contribution in [3.8, 4) is 0 Å². The van der Waals surface area contributed by atoms with E-state index in [1.807, 2.05) is 12.1 Å². The maximum atomic E-state index is 5.89. The third kappa shape index (κ3) is 2.25. The largest absolute Gasteiger partial charge is 0.397 e. The molecule has 1 fully saturated rings. The van der Waals surface area contributed by atoms with Gasteiger partial charge in [-0.3, -0.25) is 0 Å². The van der Waals surface area contributed by atoms with Crippen molar-refractivity contribution in [2.24, 2.45) is 5.92 Å². The van der Waals surface area contributed by atoms with Gasteiger partial charge in [-0.25, -0.2) is 4.63 Å². The van der Waals surface area contributed by atoms with Gasteiger partial charge in [0.15, 0.2) is 11.0 Å². The van der Waals surface area contributed by atoms with E-state index in [9.17, 15) is 0 Å². The number of hydrogen-bond acceptors (Lipinski definition) is 5. The second-order valence-electron chi connectivity index (χ2n) is 5.33. The molecule has 0 saturated carbocycles. The van der Waals surface area contributed by atoms with Gasteiger partial charge in [0.05, 0.1) is 11.4 Å². The molecule has 2 N–H and O–H groups in total. The Bertz CT molecular complexity index is 566. The minimum absolute atomic E-state index is 0.626. The fraction of sp³-hybridized carbons (Fsp3) is 0.571. The molecule has 5 heteroatoms. The van der Waals surface area contributed by atoms with Gasteiger partial charge in [-0.1, -0.05) is 13.3 Å². The highest BCUT2D eigenvalue weighted by molar-refractivity contribution is 5.95. The number of fused-ring (bicyclic) bond motifs is 1. The average molecular weight is 260 g/mol. The summed E-state index contributed by atoms with van der Waals surface area (Å²) < 4.78 is 4.84. The second kappa shape index (κ2) is 5.07. The summed E-state index contributed by atoms with van der Waals surface area (Å²) in [6, 6.07) is 3.93. The maximum absolute atomic E-state index is 5.89. The third-order valence-corrected chi connectivity index (χ3v) is 4.19. The predicted molar refractivity (Wildman–Crippen MR) is 76.1 cm³/mol. The molecule has 1 atom stereocenters. The van der Waals surface area contributed by atoms with Gasteiger partial charge in [0.25, 0.3) is 0 Å². The third-order valence-electron chi connectivity index (χ3n) is 4.19. The Morgan fingerprint density at radius 3 is 2.95 bits per heavy atom. The van der Waals surface area contributed by atoms with Gasteiger partial charge in [-0.2, -0.15) is 0 Å². The fourth-order valence-electron chi connectivity index (χ4n) is 2.94. The van der Waals surface area contributed by atoms with Crippen molar-refractivity contribution in [3.05, 3.63) is 12.1 Å². The number of nitrogens with two attached hydrogens (primary N) is 1. The van der Waals surface area contributed by atoms with Crippen LogP contribution in [-0.2, 0) is 0 Å². The normalized spacial score (nSPS) is 20.7. The van der Waals surface area contributed by atoms with Crippen LogP contribution in [0.2, 0.25) is 0 Å². The number of aromatic nitrogens is 2. The molecule has 1 saturated heterocycles. The van der Waals surface area contributed by atoms with Crippen LogP contribution < -0.4 is 10.6 Å². The SMILES string of the molecule is CCC1CCCN(c2ccc(N)c3nonc23)CC1. The molecule has 1 aliphatic rings. The van der Waals surface area contributed by atoms with Crippen LogP contribution in [0.15, 0.2) is 16.8 Å². The molecule has 0 spiro atoms. The number of hydrogen-bond donors (Lipinski definition) is 1. The molecule has 2 aromatic rings. The van der Waals surface area contributed by atoms with E-state index in [-0.39, 0.29) is 0 Å². The molecular formula is C14H20N4O. The molecule has 1 unspecified atom stereocenters. The van der Waals surface area contributed by atoms with Crippen LogP contribution in [0.3, 0.4) is 0 Å². The quantitative estimate of drug-likeness (QED) is 0.841. The zero-order valence-corrected chi connectivity index (χ0v) is 11.3. The van der Waals surface area contributed by atoms with Gasteiger partial charge in [0.2, 0.25) is 0 Å². The van der Waals surface area contributed by atoms with E-state index < -0.39 is 0 Å². The molecule has 1 aliphatic heterocycles. The van der Waals surface area contributed by atoms with Gasteiger partial charge < -0.3 is 10.6 Å². The van der Waals surface area contributed by atoms with Crippen LogP contribution >= 0.6 is 0 Å².